The Balaban J connectivity index is 1.47. The number of piperazine rings is 1. The summed E-state index contributed by atoms with van der Waals surface area (Å²) in [4.78, 5) is 16.4. The van der Waals surface area contributed by atoms with E-state index < -0.39 is 0 Å². The number of nitrogens with zero attached hydrogens (tertiary/aromatic N) is 2. The lowest BCUT2D eigenvalue weighted by molar-refractivity contribution is 0.181. The minimum Gasteiger partial charge on any atom is -0.495 e. The standard InChI is InChI=1S/C21H27N3O3/c1-16-8-9-19(17(2)14-16)27-15-22-21(25)24-12-10-23(11-13-24)18-6-4-5-7-20(18)26-3/h4-9,14H,10-13,15H2,1-3H3,(H,22,25). The van der Waals surface area contributed by atoms with Gasteiger partial charge in [0.15, 0.2) is 6.73 Å². The molecule has 1 aliphatic rings. The van der Waals surface area contributed by atoms with Crippen molar-refractivity contribution in [1.82, 2.24) is 10.2 Å². The molecule has 6 nitrogen and oxygen atoms in total. The molecular weight excluding hydrogens is 342 g/mol. The van der Waals surface area contributed by atoms with Gasteiger partial charge in [-0.2, -0.15) is 0 Å². The van der Waals surface area contributed by atoms with Crippen molar-refractivity contribution in [3.8, 4) is 11.5 Å². The molecule has 6 heteroatoms. The SMILES string of the molecule is COc1ccccc1N1CCN(C(=O)NCOc2ccc(C)cc2C)CC1. The summed E-state index contributed by atoms with van der Waals surface area (Å²) in [6.45, 7) is 7.07. The summed E-state index contributed by atoms with van der Waals surface area (Å²) in [5.41, 5.74) is 3.32. The van der Waals surface area contributed by atoms with Gasteiger partial charge in [-0.1, -0.05) is 29.8 Å². The van der Waals surface area contributed by atoms with Gasteiger partial charge < -0.3 is 24.6 Å². The van der Waals surface area contributed by atoms with Crippen molar-refractivity contribution in [2.45, 2.75) is 13.8 Å². The maximum atomic E-state index is 12.4. The molecule has 0 spiro atoms. The monoisotopic (exact) mass is 369 g/mol. The van der Waals surface area contributed by atoms with Crippen molar-refractivity contribution in [3.63, 3.8) is 0 Å². The van der Waals surface area contributed by atoms with E-state index in [1.807, 2.05) is 55.1 Å². The number of hydrogen-bond acceptors (Lipinski definition) is 4. The Kier molecular flexibility index (Phi) is 6.06. The predicted octanol–water partition coefficient (Wildman–Crippen LogP) is 3.18. The number of carbonyl (C=O) groups excluding carboxylic acids is 1. The van der Waals surface area contributed by atoms with E-state index in [4.69, 9.17) is 9.47 Å². The molecule has 0 saturated carbocycles. The minimum absolute atomic E-state index is 0.0977. The van der Waals surface area contributed by atoms with E-state index in [1.165, 1.54) is 5.56 Å². The zero-order valence-corrected chi connectivity index (χ0v) is 16.2. The summed E-state index contributed by atoms with van der Waals surface area (Å²) >= 11 is 0. The molecule has 0 bridgehead atoms. The first-order valence-electron chi connectivity index (χ1n) is 9.19. The van der Waals surface area contributed by atoms with E-state index in [-0.39, 0.29) is 12.8 Å². The molecule has 1 saturated heterocycles. The maximum absolute atomic E-state index is 12.4. The van der Waals surface area contributed by atoms with Crippen LogP contribution in [0.1, 0.15) is 11.1 Å². The third kappa shape index (κ3) is 4.64. The van der Waals surface area contributed by atoms with Gasteiger partial charge in [-0.25, -0.2) is 4.79 Å². The second-order valence-electron chi connectivity index (χ2n) is 6.69. The van der Waals surface area contributed by atoms with Crippen LogP contribution in [0.2, 0.25) is 0 Å². The van der Waals surface area contributed by atoms with Gasteiger partial charge in [0, 0.05) is 26.2 Å². The van der Waals surface area contributed by atoms with E-state index in [9.17, 15) is 4.79 Å². The van der Waals surface area contributed by atoms with Crippen LogP contribution in [-0.4, -0.2) is 51.0 Å². The Hall–Kier alpha value is -2.89. The van der Waals surface area contributed by atoms with Gasteiger partial charge in [0.2, 0.25) is 0 Å². The number of amides is 2. The number of aryl methyl sites for hydroxylation is 2. The highest BCUT2D eigenvalue weighted by Gasteiger charge is 2.22. The molecule has 1 heterocycles. The second kappa shape index (κ2) is 8.66. The second-order valence-corrected chi connectivity index (χ2v) is 6.69. The molecule has 0 aliphatic carbocycles. The number of urea groups is 1. The van der Waals surface area contributed by atoms with Crippen molar-refractivity contribution < 1.29 is 14.3 Å². The number of methoxy groups -OCH3 is 1. The minimum atomic E-state index is -0.0977. The van der Waals surface area contributed by atoms with E-state index in [1.54, 1.807) is 7.11 Å². The van der Waals surface area contributed by atoms with Crippen LogP contribution >= 0.6 is 0 Å². The number of benzene rings is 2. The molecule has 2 aromatic carbocycles. The van der Waals surface area contributed by atoms with Crippen molar-refractivity contribution in [2.75, 3.05) is 44.9 Å². The van der Waals surface area contributed by atoms with Crippen LogP contribution in [0.4, 0.5) is 10.5 Å². The van der Waals surface area contributed by atoms with Crippen LogP contribution in [0.25, 0.3) is 0 Å². The highest BCUT2D eigenvalue weighted by Crippen LogP contribution is 2.28. The number of para-hydroxylation sites is 2. The summed E-state index contributed by atoms with van der Waals surface area (Å²) < 4.78 is 11.1. The molecule has 1 aliphatic heterocycles. The average Bonchev–Trinajstić information content (AvgIpc) is 2.69. The molecule has 27 heavy (non-hydrogen) atoms. The summed E-state index contributed by atoms with van der Waals surface area (Å²) in [5.74, 6) is 1.65. The van der Waals surface area contributed by atoms with Crippen LogP contribution in [0.3, 0.4) is 0 Å². The molecule has 0 radical (unpaired) electrons. The molecule has 0 unspecified atom stereocenters. The number of hydrogen-bond donors (Lipinski definition) is 1. The summed E-state index contributed by atoms with van der Waals surface area (Å²) in [6, 6.07) is 13.9. The van der Waals surface area contributed by atoms with Crippen LogP contribution in [0.15, 0.2) is 42.5 Å². The number of ether oxygens (including phenoxy) is 2. The van der Waals surface area contributed by atoms with Gasteiger partial charge in [0.25, 0.3) is 0 Å². The van der Waals surface area contributed by atoms with E-state index in [0.717, 1.165) is 35.8 Å². The quantitative estimate of drug-likeness (QED) is 0.823. The summed E-state index contributed by atoms with van der Waals surface area (Å²) in [6.07, 6.45) is 0. The normalized spacial score (nSPS) is 14.0. The van der Waals surface area contributed by atoms with Crippen molar-refractivity contribution in [3.05, 3.63) is 53.6 Å². The Morgan fingerprint density at radius 2 is 1.78 bits per heavy atom. The highest BCUT2D eigenvalue weighted by atomic mass is 16.5. The van der Waals surface area contributed by atoms with Crippen LogP contribution in [0, 0.1) is 13.8 Å². The first-order chi connectivity index (χ1) is 13.1. The first kappa shape index (κ1) is 18.9. The van der Waals surface area contributed by atoms with Gasteiger partial charge in [0.05, 0.1) is 12.8 Å². The Morgan fingerprint density at radius 3 is 2.48 bits per heavy atom. The zero-order chi connectivity index (χ0) is 19.2. The lowest BCUT2D eigenvalue weighted by Crippen LogP contribution is -2.52. The first-order valence-corrected chi connectivity index (χ1v) is 9.19. The topological polar surface area (TPSA) is 54.0 Å². The van der Waals surface area contributed by atoms with Crippen LogP contribution in [0.5, 0.6) is 11.5 Å². The van der Waals surface area contributed by atoms with Gasteiger partial charge in [0.1, 0.15) is 11.5 Å². The molecule has 1 N–H and O–H groups in total. The third-order valence-electron chi connectivity index (χ3n) is 4.77. The lowest BCUT2D eigenvalue weighted by Gasteiger charge is -2.36. The Morgan fingerprint density at radius 1 is 1.04 bits per heavy atom. The number of rotatable bonds is 5. The molecule has 144 valence electrons. The molecule has 0 atom stereocenters. The predicted molar refractivity (Wildman–Crippen MR) is 107 cm³/mol. The Labute approximate surface area is 160 Å². The van der Waals surface area contributed by atoms with Gasteiger partial charge >= 0.3 is 6.03 Å². The molecule has 2 aromatic rings. The number of anilines is 1. The smallest absolute Gasteiger partial charge is 0.320 e. The molecule has 2 amide bonds. The fourth-order valence-electron chi connectivity index (χ4n) is 3.29. The largest absolute Gasteiger partial charge is 0.495 e. The summed E-state index contributed by atoms with van der Waals surface area (Å²) in [7, 11) is 1.68. The maximum Gasteiger partial charge on any atom is 0.320 e. The van der Waals surface area contributed by atoms with Crippen LogP contribution < -0.4 is 19.7 Å². The number of nitrogens with one attached hydrogen (secondary N) is 1. The van der Waals surface area contributed by atoms with E-state index in [0.29, 0.717) is 13.1 Å². The van der Waals surface area contributed by atoms with Crippen molar-refractivity contribution >= 4 is 11.7 Å². The van der Waals surface area contributed by atoms with E-state index in [2.05, 4.69) is 16.3 Å². The fourth-order valence-corrected chi connectivity index (χ4v) is 3.29. The third-order valence-corrected chi connectivity index (χ3v) is 4.77. The fraction of sp³-hybridized carbons (Fsp3) is 0.381. The lowest BCUT2D eigenvalue weighted by atomic mass is 10.1. The Bertz CT molecular complexity index is 786. The van der Waals surface area contributed by atoms with Crippen molar-refractivity contribution in [2.24, 2.45) is 0 Å². The zero-order valence-electron chi connectivity index (χ0n) is 16.2. The molecule has 3 rings (SSSR count). The van der Waals surface area contributed by atoms with Crippen molar-refractivity contribution in [1.29, 1.82) is 0 Å². The van der Waals surface area contributed by atoms with Gasteiger partial charge in [-0.3, -0.25) is 0 Å². The molecule has 1 fully saturated rings. The van der Waals surface area contributed by atoms with Gasteiger partial charge in [-0.15, -0.1) is 0 Å². The highest BCUT2D eigenvalue weighted by molar-refractivity contribution is 5.74. The van der Waals surface area contributed by atoms with Crippen LogP contribution in [-0.2, 0) is 0 Å². The van der Waals surface area contributed by atoms with Gasteiger partial charge in [-0.05, 0) is 37.6 Å². The molecular formula is C21H27N3O3. The summed E-state index contributed by atoms with van der Waals surface area (Å²) in [5, 5.41) is 2.84. The van der Waals surface area contributed by atoms with E-state index >= 15 is 0 Å². The number of carbonyl (C=O) groups is 1. The molecule has 0 aromatic heterocycles. The average molecular weight is 369 g/mol.